The molecule has 0 fully saturated rings. The van der Waals surface area contributed by atoms with E-state index in [-0.39, 0.29) is 18.0 Å². The lowest BCUT2D eigenvalue weighted by Gasteiger charge is -2.21. The zero-order valence-corrected chi connectivity index (χ0v) is 13.7. The molecule has 6 heteroatoms. The van der Waals surface area contributed by atoms with Crippen molar-refractivity contribution in [3.8, 4) is 0 Å². The summed E-state index contributed by atoms with van der Waals surface area (Å²) in [6, 6.07) is 7.73. The Morgan fingerprint density at radius 3 is 2.70 bits per heavy atom. The second-order valence-electron chi connectivity index (χ2n) is 4.37. The minimum atomic E-state index is -0.261. The first-order valence-corrected chi connectivity index (χ1v) is 8.51. The highest BCUT2D eigenvalue weighted by atomic mass is 35.5. The molecule has 108 valence electrons. The summed E-state index contributed by atoms with van der Waals surface area (Å²) in [5.41, 5.74) is 0. The van der Waals surface area contributed by atoms with Gasteiger partial charge in [-0.1, -0.05) is 17.7 Å². The van der Waals surface area contributed by atoms with Gasteiger partial charge in [0.1, 0.15) is 0 Å². The van der Waals surface area contributed by atoms with Crippen molar-refractivity contribution >= 4 is 40.2 Å². The topological polar surface area (TPSA) is 41.1 Å². The molecule has 3 nitrogen and oxygen atoms in total. The van der Waals surface area contributed by atoms with Crippen LogP contribution in [0.25, 0.3) is 0 Å². The Hall–Kier alpha value is -0.880. The highest BCUT2D eigenvalue weighted by Gasteiger charge is 2.22. The van der Waals surface area contributed by atoms with E-state index in [0.29, 0.717) is 6.54 Å². The van der Waals surface area contributed by atoms with Gasteiger partial charge in [-0.2, -0.15) is 0 Å². The van der Waals surface area contributed by atoms with Crippen LogP contribution in [0.5, 0.6) is 0 Å². The number of hydrogen-bond acceptors (Lipinski definition) is 4. The molecule has 2 aromatic rings. The third kappa shape index (κ3) is 3.82. The van der Waals surface area contributed by atoms with Crippen LogP contribution in [0.4, 0.5) is 0 Å². The minimum Gasteiger partial charge on any atom is -0.355 e. The molecule has 2 unspecified atom stereocenters. The van der Waals surface area contributed by atoms with Gasteiger partial charge in [-0.15, -0.1) is 22.7 Å². The fraction of sp³-hybridized carbons (Fsp3) is 0.357. The summed E-state index contributed by atoms with van der Waals surface area (Å²) in [4.78, 5) is 14.2. The molecule has 2 atom stereocenters. The van der Waals surface area contributed by atoms with Gasteiger partial charge in [0.2, 0.25) is 5.91 Å². The van der Waals surface area contributed by atoms with Crippen LogP contribution in [-0.2, 0) is 4.79 Å². The third-order valence-electron chi connectivity index (χ3n) is 2.87. The zero-order valence-electron chi connectivity index (χ0n) is 11.4. The standard InChI is InChI=1S/C14H17ClN2OS2/c1-3-16-14(18)9(2)17-13(10-5-4-8-19-10)11-6-7-12(15)20-11/h4-9,13,17H,3H2,1-2H3,(H,16,18). The van der Waals surface area contributed by atoms with E-state index in [1.807, 2.05) is 37.4 Å². The molecule has 2 heterocycles. The maximum absolute atomic E-state index is 11.9. The lowest BCUT2D eigenvalue weighted by atomic mass is 10.1. The number of amides is 1. The Morgan fingerprint density at radius 2 is 2.15 bits per heavy atom. The van der Waals surface area contributed by atoms with Crippen molar-refractivity contribution in [1.82, 2.24) is 10.6 Å². The van der Waals surface area contributed by atoms with E-state index in [1.165, 1.54) is 16.2 Å². The number of halogens is 1. The van der Waals surface area contributed by atoms with E-state index in [9.17, 15) is 4.79 Å². The summed E-state index contributed by atoms with van der Waals surface area (Å²) < 4.78 is 0.758. The maximum Gasteiger partial charge on any atom is 0.236 e. The molecule has 0 bridgehead atoms. The molecule has 0 saturated heterocycles. The van der Waals surface area contributed by atoms with Gasteiger partial charge in [0.05, 0.1) is 16.4 Å². The van der Waals surface area contributed by atoms with Gasteiger partial charge >= 0.3 is 0 Å². The molecule has 0 saturated carbocycles. The van der Waals surface area contributed by atoms with Crippen molar-refractivity contribution in [3.63, 3.8) is 0 Å². The van der Waals surface area contributed by atoms with Crippen LogP contribution in [0.15, 0.2) is 29.6 Å². The smallest absolute Gasteiger partial charge is 0.236 e. The van der Waals surface area contributed by atoms with E-state index in [4.69, 9.17) is 11.6 Å². The van der Waals surface area contributed by atoms with Crippen molar-refractivity contribution < 1.29 is 4.79 Å². The number of nitrogens with one attached hydrogen (secondary N) is 2. The molecule has 20 heavy (non-hydrogen) atoms. The number of likely N-dealkylation sites (N-methyl/N-ethyl adjacent to an activating group) is 1. The van der Waals surface area contributed by atoms with E-state index < -0.39 is 0 Å². The Balaban J connectivity index is 2.18. The average molecular weight is 329 g/mol. The lowest BCUT2D eigenvalue weighted by molar-refractivity contribution is -0.122. The maximum atomic E-state index is 11.9. The summed E-state index contributed by atoms with van der Waals surface area (Å²) in [5, 5.41) is 8.25. The summed E-state index contributed by atoms with van der Waals surface area (Å²) in [6.07, 6.45) is 0. The molecule has 0 aliphatic rings. The van der Waals surface area contributed by atoms with Crippen LogP contribution in [0.2, 0.25) is 4.34 Å². The van der Waals surface area contributed by atoms with Crippen molar-refractivity contribution in [2.24, 2.45) is 0 Å². The van der Waals surface area contributed by atoms with Gasteiger partial charge < -0.3 is 5.32 Å². The molecule has 2 aromatic heterocycles. The van der Waals surface area contributed by atoms with Crippen LogP contribution in [0.3, 0.4) is 0 Å². The van der Waals surface area contributed by atoms with Gasteiger partial charge in [-0.05, 0) is 37.4 Å². The second-order valence-corrected chi connectivity index (χ2v) is 7.10. The summed E-state index contributed by atoms with van der Waals surface area (Å²) >= 11 is 9.24. The Bertz CT molecular complexity index is 553. The van der Waals surface area contributed by atoms with Crippen molar-refractivity contribution in [3.05, 3.63) is 43.7 Å². The number of hydrogen-bond donors (Lipinski definition) is 2. The third-order valence-corrected chi connectivity index (χ3v) is 5.10. The molecule has 0 radical (unpaired) electrons. The number of thiophene rings is 2. The van der Waals surface area contributed by atoms with Crippen molar-refractivity contribution in [2.75, 3.05) is 6.54 Å². The number of rotatable bonds is 6. The second kappa shape index (κ2) is 7.22. The highest BCUT2D eigenvalue weighted by Crippen LogP contribution is 2.33. The number of carbonyl (C=O) groups excluding carboxylic acids is 1. The molecule has 2 N–H and O–H groups in total. The van der Waals surface area contributed by atoms with Gasteiger partial charge in [-0.25, -0.2) is 0 Å². The molecule has 0 aromatic carbocycles. The first-order chi connectivity index (χ1) is 9.61. The first kappa shape index (κ1) is 15.5. The Kier molecular flexibility index (Phi) is 5.60. The van der Waals surface area contributed by atoms with Gasteiger partial charge in [0.15, 0.2) is 0 Å². The number of carbonyl (C=O) groups is 1. The summed E-state index contributed by atoms with van der Waals surface area (Å²) in [7, 11) is 0. The lowest BCUT2D eigenvalue weighted by Crippen LogP contribution is -2.43. The SMILES string of the molecule is CCNC(=O)C(C)NC(c1cccs1)c1ccc(Cl)s1. The summed E-state index contributed by atoms with van der Waals surface area (Å²) in [6.45, 7) is 4.43. The first-order valence-electron chi connectivity index (χ1n) is 6.44. The van der Waals surface area contributed by atoms with Crippen LogP contribution in [0, 0.1) is 0 Å². The average Bonchev–Trinajstić information content (AvgIpc) is 3.07. The molecule has 0 aliphatic heterocycles. The zero-order chi connectivity index (χ0) is 14.5. The van der Waals surface area contributed by atoms with Crippen LogP contribution >= 0.6 is 34.3 Å². The minimum absolute atomic E-state index is 0.00473. The van der Waals surface area contributed by atoms with Crippen LogP contribution in [0.1, 0.15) is 29.6 Å². The predicted octanol–water partition coefficient (Wildman–Crippen LogP) is 3.67. The molecular formula is C14H17ClN2OS2. The van der Waals surface area contributed by atoms with Gasteiger partial charge in [0, 0.05) is 16.3 Å². The molecule has 2 rings (SSSR count). The Labute approximate surface area is 132 Å². The molecule has 0 aliphatic carbocycles. The van der Waals surface area contributed by atoms with Crippen molar-refractivity contribution in [1.29, 1.82) is 0 Å². The van der Waals surface area contributed by atoms with E-state index in [1.54, 1.807) is 11.3 Å². The highest BCUT2D eigenvalue weighted by molar-refractivity contribution is 7.16. The Morgan fingerprint density at radius 1 is 1.35 bits per heavy atom. The molecule has 1 amide bonds. The van der Waals surface area contributed by atoms with Gasteiger partial charge in [0.25, 0.3) is 0 Å². The van der Waals surface area contributed by atoms with E-state index >= 15 is 0 Å². The normalized spacial score (nSPS) is 13.9. The van der Waals surface area contributed by atoms with Crippen LogP contribution in [-0.4, -0.2) is 18.5 Å². The van der Waals surface area contributed by atoms with E-state index in [2.05, 4.69) is 16.7 Å². The fourth-order valence-electron chi connectivity index (χ4n) is 1.90. The quantitative estimate of drug-likeness (QED) is 0.849. The van der Waals surface area contributed by atoms with Crippen LogP contribution < -0.4 is 10.6 Å². The molecule has 0 spiro atoms. The summed E-state index contributed by atoms with van der Waals surface area (Å²) in [5.74, 6) is 0.0108. The van der Waals surface area contributed by atoms with Crippen molar-refractivity contribution in [2.45, 2.75) is 25.9 Å². The predicted molar refractivity (Wildman–Crippen MR) is 86.8 cm³/mol. The fourth-order valence-corrected chi connectivity index (χ4v) is 3.91. The van der Waals surface area contributed by atoms with Gasteiger partial charge in [-0.3, -0.25) is 10.1 Å². The van der Waals surface area contributed by atoms with E-state index in [0.717, 1.165) is 9.21 Å². The molecular weight excluding hydrogens is 312 g/mol. The monoisotopic (exact) mass is 328 g/mol. The largest absolute Gasteiger partial charge is 0.355 e.